The molecule has 4 rings (SSSR count). The second kappa shape index (κ2) is 6.85. The van der Waals surface area contributed by atoms with Crippen molar-refractivity contribution in [2.24, 2.45) is 5.92 Å². The van der Waals surface area contributed by atoms with Gasteiger partial charge < -0.3 is 14.8 Å². The number of benzene rings is 1. The molecule has 1 atom stereocenters. The van der Waals surface area contributed by atoms with Gasteiger partial charge in [-0.25, -0.2) is 0 Å². The van der Waals surface area contributed by atoms with E-state index in [1.807, 2.05) is 31.2 Å². The number of carbonyl (C=O) groups excluding carboxylic acids is 1. The number of amides is 1. The Hall–Kier alpha value is -2.60. The minimum absolute atomic E-state index is 0.0933. The molecule has 1 aromatic heterocycles. The second-order valence-electron chi connectivity index (χ2n) is 7.64. The van der Waals surface area contributed by atoms with Crippen LogP contribution in [0.25, 0.3) is 11.3 Å². The van der Waals surface area contributed by atoms with E-state index in [9.17, 15) is 14.7 Å². The average molecular weight is 368 g/mol. The van der Waals surface area contributed by atoms with Crippen LogP contribution in [-0.4, -0.2) is 40.5 Å². The molecule has 2 N–H and O–H groups in total. The highest BCUT2D eigenvalue weighted by molar-refractivity contribution is 5.88. The van der Waals surface area contributed by atoms with E-state index in [1.165, 1.54) is 5.56 Å². The maximum absolute atomic E-state index is 11.8. The maximum Gasteiger partial charge on any atom is 0.309 e. The zero-order chi connectivity index (χ0) is 19.0. The number of likely N-dealkylation sites (tertiary alicyclic amines) is 1. The summed E-state index contributed by atoms with van der Waals surface area (Å²) in [4.78, 5) is 25.7. The van der Waals surface area contributed by atoms with E-state index in [1.54, 1.807) is 0 Å². The minimum Gasteiger partial charge on any atom is -0.481 e. The third-order valence-electron chi connectivity index (χ3n) is 5.91. The number of carboxylic acids is 1. The molecule has 1 amide bonds. The van der Waals surface area contributed by atoms with Crippen LogP contribution in [0.4, 0.5) is 0 Å². The Balaban J connectivity index is 1.48. The number of hydrogen-bond acceptors (Lipinski definition) is 4. The van der Waals surface area contributed by atoms with Crippen molar-refractivity contribution in [2.75, 3.05) is 13.1 Å². The summed E-state index contributed by atoms with van der Waals surface area (Å²) in [6.45, 7) is 4.23. The second-order valence-corrected chi connectivity index (χ2v) is 7.64. The smallest absolute Gasteiger partial charge is 0.309 e. The Morgan fingerprint density at radius 3 is 2.67 bits per heavy atom. The van der Waals surface area contributed by atoms with Gasteiger partial charge in [0.05, 0.1) is 11.5 Å². The van der Waals surface area contributed by atoms with Crippen LogP contribution in [0.15, 0.2) is 40.8 Å². The van der Waals surface area contributed by atoms with E-state index < -0.39 is 17.4 Å². The first-order valence-corrected chi connectivity index (χ1v) is 9.38. The average Bonchev–Trinajstić information content (AvgIpc) is 3.21. The molecule has 2 aliphatic rings. The van der Waals surface area contributed by atoms with Gasteiger partial charge in [0.25, 0.3) is 0 Å². The van der Waals surface area contributed by atoms with Gasteiger partial charge >= 0.3 is 5.97 Å². The van der Waals surface area contributed by atoms with Crippen LogP contribution in [0.1, 0.15) is 30.6 Å². The summed E-state index contributed by atoms with van der Waals surface area (Å²) in [5, 5.41) is 12.5. The quantitative estimate of drug-likeness (QED) is 0.867. The number of hydrogen-bond donors (Lipinski definition) is 2. The standard InChI is InChI=1S/C21H24N2O4/c1-14-6-7-18(27-14)16-5-3-2-4-15(16)13-23-10-8-21(9-11-23)17(20(25)26)12-19(24)22-21/h2-7,17H,8-13H2,1H3,(H,22,24)(H,25,26). The highest BCUT2D eigenvalue weighted by Gasteiger charge is 2.51. The Kier molecular flexibility index (Phi) is 4.52. The van der Waals surface area contributed by atoms with Crippen LogP contribution < -0.4 is 5.32 Å². The minimum atomic E-state index is -0.875. The first-order valence-electron chi connectivity index (χ1n) is 9.38. The number of carbonyl (C=O) groups is 2. The van der Waals surface area contributed by atoms with Crippen LogP contribution in [-0.2, 0) is 16.1 Å². The first kappa shape index (κ1) is 17.8. The molecule has 27 heavy (non-hydrogen) atoms. The van der Waals surface area contributed by atoms with E-state index in [4.69, 9.17) is 4.42 Å². The summed E-state index contributed by atoms with van der Waals surface area (Å²) in [5.41, 5.74) is 1.69. The normalized spacial score (nSPS) is 22.1. The summed E-state index contributed by atoms with van der Waals surface area (Å²) in [6.07, 6.45) is 1.42. The number of carboxylic acid groups (broad SMARTS) is 1. The van der Waals surface area contributed by atoms with Gasteiger partial charge in [-0.05, 0) is 37.5 Å². The van der Waals surface area contributed by atoms with Crippen molar-refractivity contribution in [2.45, 2.75) is 38.3 Å². The molecule has 2 fully saturated rings. The summed E-state index contributed by atoms with van der Waals surface area (Å²) in [6, 6.07) is 12.2. The summed E-state index contributed by atoms with van der Waals surface area (Å²) in [7, 11) is 0. The summed E-state index contributed by atoms with van der Waals surface area (Å²) < 4.78 is 5.80. The van der Waals surface area contributed by atoms with Crippen LogP contribution >= 0.6 is 0 Å². The molecule has 1 aromatic carbocycles. The Morgan fingerprint density at radius 2 is 2.00 bits per heavy atom. The van der Waals surface area contributed by atoms with E-state index in [0.717, 1.165) is 36.7 Å². The van der Waals surface area contributed by atoms with Gasteiger partial charge in [-0.3, -0.25) is 14.5 Å². The van der Waals surface area contributed by atoms with Crippen LogP contribution in [0.2, 0.25) is 0 Å². The van der Waals surface area contributed by atoms with Crippen LogP contribution in [0, 0.1) is 12.8 Å². The van der Waals surface area contributed by atoms with Gasteiger partial charge in [-0.1, -0.05) is 24.3 Å². The number of nitrogens with one attached hydrogen (secondary N) is 1. The van der Waals surface area contributed by atoms with Gasteiger partial charge in [0.2, 0.25) is 5.91 Å². The zero-order valence-electron chi connectivity index (χ0n) is 15.4. The summed E-state index contributed by atoms with van der Waals surface area (Å²) in [5.74, 6) is 0.113. The molecule has 0 saturated carbocycles. The number of piperidine rings is 1. The number of furan rings is 1. The lowest BCUT2D eigenvalue weighted by Gasteiger charge is -2.41. The molecule has 2 saturated heterocycles. The molecule has 1 unspecified atom stereocenters. The lowest BCUT2D eigenvalue weighted by Crippen LogP contribution is -2.55. The Morgan fingerprint density at radius 1 is 1.26 bits per heavy atom. The molecule has 0 aliphatic carbocycles. The van der Waals surface area contributed by atoms with Gasteiger partial charge in [0, 0.05) is 31.6 Å². The lowest BCUT2D eigenvalue weighted by atomic mass is 9.77. The van der Waals surface area contributed by atoms with Crippen molar-refractivity contribution in [1.82, 2.24) is 10.2 Å². The molecule has 6 nitrogen and oxygen atoms in total. The Bertz CT molecular complexity index is 865. The fourth-order valence-electron chi connectivity index (χ4n) is 4.42. The molecule has 0 bridgehead atoms. The third kappa shape index (κ3) is 3.37. The number of rotatable bonds is 4. The fourth-order valence-corrected chi connectivity index (χ4v) is 4.42. The van der Waals surface area contributed by atoms with Crippen LogP contribution in [0.3, 0.4) is 0 Å². The molecule has 1 spiro atoms. The molecule has 3 heterocycles. The Labute approximate surface area is 158 Å². The highest BCUT2D eigenvalue weighted by atomic mass is 16.4. The van der Waals surface area contributed by atoms with Gasteiger partial charge in [-0.2, -0.15) is 0 Å². The molecule has 2 aromatic rings. The SMILES string of the molecule is Cc1ccc(-c2ccccc2CN2CCC3(CC2)NC(=O)CC3C(=O)O)o1. The summed E-state index contributed by atoms with van der Waals surface area (Å²) >= 11 is 0. The van der Waals surface area contributed by atoms with E-state index >= 15 is 0 Å². The van der Waals surface area contributed by atoms with E-state index in [2.05, 4.69) is 22.3 Å². The van der Waals surface area contributed by atoms with E-state index in [0.29, 0.717) is 12.8 Å². The largest absolute Gasteiger partial charge is 0.481 e. The van der Waals surface area contributed by atoms with Crippen molar-refractivity contribution in [3.63, 3.8) is 0 Å². The fraction of sp³-hybridized carbons (Fsp3) is 0.429. The predicted molar refractivity (Wildman–Crippen MR) is 100 cm³/mol. The third-order valence-corrected chi connectivity index (χ3v) is 5.91. The molecule has 142 valence electrons. The van der Waals surface area contributed by atoms with Crippen LogP contribution in [0.5, 0.6) is 0 Å². The maximum atomic E-state index is 11.8. The van der Waals surface area contributed by atoms with Crippen molar-refractivity contribution >= 4 is 11.9 Å². The molecular formula is C21H24N2O4. The molecular weight excluding hydrogens is 344 g/mol. The van der Waals surface area contributed by atoms with E-state index in [-0.39, 0.29) is 12.3 Å². The number of nitrogens with zero attached hydrogens (tertiary/aromatic N) is 1. The molecule has 6 heteroatoms. The van der Waals surface area contributed by atoms with Gasteiger partial charge in [0.1, 0.15) is 11.5 Å². The van der Waals surface area contributed by atoms with Crippen molar-refractivity contribution in [3.8, 4) is 11.3 Å². The highest BCUT2D eigenvalue weighted by Crippen LogP contribution is 2.37. The first-order chi connectivity index (χ1) is 13.0. The molecule has 2 aliphatic heterocycles. The lowest BCUT2D eigenvalue weighted by molar-refractivity contribution is -0.144. The van der Waals surface area contributed by atoms with Crippen molar-refractivity contribution < 1.29 is 19.1 Å². The monoisotopic (exact) mass is 368 g/mol. The van der Waals surface area contributed by atoms with Gasteiger partial charge in [-0.15, -0.1) is 0 Å². The number of aliphatic carboxylic acids is 1. The van der Waals surface area contributed by atoms with Crippen molar-refractivity contribution in [3.05, 3.63) is 47.7 Å². The van der Waals surface area contributed by atoms with Crippen molar-refractivity contribution in [1.29, 1.82) is 0 Å². The molecule has 0 radical (unpaired) electrons. The predicted octanol–water partition coefficient (Wildman–Crippen LogP) is 2.81. The number of aryl methyl sites for hydroxylation is 1. The van der Waals surface area contributed by atoms with Gasteiger partial charge in [0.15, 0.2) is 0 Å². The topological polar surface area (TPSA) is 82.8 Å². The zero-order valence-corrected chi connectivity index (χ0v) is 15.4.